The van der Waals surface area contributed by atoms with Crippen LogP contribution < -0.4 is 38.3 Å². The van der Waals surface area contributed by atoms with E-state index in [4.69, 9.17) is 27.7 Å². The summed E-state index contributed by atoms with van der Waals surface area (Å²) < 4.78 is 44.7. The van der Waals surface area contributed by atoms with Crippen LogP contribution in [0.3, 0.4) is 0 Å². The molecule has 43 heavy (non-hydrogen) atoms. The standard InChI is InChI=1S/C29H38F3N7O4/c30-29(31,32)19-9-11-20(12-10-19)43-24-16-18(25(34)40)8-13-22(24)38-27(42)23(15-17-5-2-1-3-6-17)39-26(41)21(33)7-4-14-37-28(35)36/h8-13,16-17,21,23H,1-7,14-15,33H2,(H2,34,40)(H,38,42)(H,39,41)(H4,35,36,37)/t21-,23-/m0/s1. The fourth-order valence-corrected chi connectivity index (χ4v) is 4.84. The lowest BCUT2D eigenvalue weighted by Crippen LogP contribution is -2.50. The highest BCUT2D eigenvalue weighted by Crippen LogP contribution is 2.34. The Bertz CT molecular complexity index is 1290. The second-order valence-corrected chi connectivity index (χ2v) is 10.5. The van der Waals surface area contributed by atoms with E-state index in [1.165, 1.54) is 18.2 Å². The normalized spacial score (nSPS) is 15.2. The molecule has 3 amide bonds. The Morgan fingerprint density at radius 1 is 0.977 bits per heavy atom. The number of carbonyl (C=O) groups excluding carboxylic acids is 3. The molecular weight excluding hydrogens is 567 g/mol. The summed E-state index contributed by atoms with van der Waals surface area (Å²) in [6, 6.07) is 6.14. The van der Waals surface area contributed by atoms with Gasteiger partial charge in [0, 0.05) is 12.1 Å². The molecule has 0 aliphatic heterocycles. The number of nitrogens with two attached hydrogens (primary N) is 4. The molecule has 0 spiro atoms. The largest absolute Gasteiger partial charge is 0.455 e. The molecule has 2 atom stereocenters. The van der Waals surface area contributed by atoms with E-state index in [1.807, 2.05) is 0 Å². The van der Waals surface area contributed by atoms with E-state index in [1.54, 1.807) is 0 Å². The molecule has 14 heteroatoms. The van der Waals surface area contributed by atoms with Crippen LogP contribution in [0, 0.1) is 5.92 Å². The van der Waals surface area contributed by atoms with Crippen molar-refractivity contribution >= 4 is 29.4 Å². The van der Waals surface area contributed by atoms with Gasteiger partial charge in [0.1, 0.15) is 11.8 Å². The number of alkyl halides is 3. The Balaban J connectivity index is 1.80. The van der Waals surface area contributed by atoms with Crippen molar-refractivity contribution in [2.45, 2.75) is 69.6 Å². The van der Waals surface area contributed by atoms with Crippen LogP contribution in [0.25, 0.3) is 0 Å². The maximum atomic E-state index is 13.6. The molecule has 1 saturated carbocycles. The fraction of sp³-hybridized carbons (Fsp3) is 0.448. The summed E-state index contributed by atoms with van der Waals surface area (Å²) in [6.45, 7) is 0.304. The zero-order valence-electron chi connectivity index (χ0n) is 23.7. The smallest absolute Gasteiger partial charge is 0.416 e. The lowest BCUT2D eigenvalue weighted by Gasteiger charge is -2.27. The minimum absolute atomic E-state index is 0.0245. The van der Waals surface area contributed by atoms with Gasteiger partial charge in [0.25, 0.3) is 0 Å². The van der Waals surface area contributed by atoms with Gasteiger partial charge in [-0.3, -0.25) is 19.4 Å². The van der Waals surface area contributed by atoms with Crippen LogP contribution >= 0.6 is 0 Å². The van der Waals surface area contributed by atoms with E-state index in [2.05, 4.69) is 15.6 Å². The average molecular weight is 606 g/mol. The molecule has 0 bridgehead atoms. The van der Waals surface area contributed by atoms with Gasteiger partial charge >= 0.3 is 6.18 Å². The second kappa shape index (κ2) is 15.2. The van der Waals surface area contributed by atoms with Gasteiger partial charge in [-0.1, -0.05) is 32.1 Å². The van der Waals surface area contributed by atoms with Crippen molar-refractivity contribution in [2.75, 3.05) is 11.9 Å². The van der Waals surface area contributed by atoms with E-state index in [0.29, 0.717) is 25.8 Å². The van der Waals surface area contributed by atoms with E-state index >= 15 is 0 Å². The number of carbonyl (C=O) groups is 3. The second-order valence-electron chi connectivity index (χ2n) is 10.5. The molecule has 0 heterocycles. The number of rotatable bonds is 13. The number of hydrogen-bond donors (Lipinski definition) is 6. The topological polar surface area (TPSA) is 201 Å². The molecule has 10 N–H and O–H groups in total. The van der Waals surface area contributed by atoms with Crippen molar-refractivity contribution in [2.24, 2.45) is 33.8 Å². The van der Waals surface area contributed by atoms with E-state index in [-0.39, 0.29) is 34.6 Å². The predicted octanol–water partition coefficient (Wildman–Crippen LogP) is 3.37. The molecule has 234 valence electrons. The number of benzene rings is 2. The molecule has 2 aromatic rings. The number of nitrogens with zero attached hydrogens (tertiary/aromatic N) is 1. The van der Waals surface area contributed by atoms with Crippen LogP contribution in [0.5, 0.6) is 11.5 Å². The summed E-state index contributed by atoms with van der Waals surface area (Å²) >= 11 is 0. The third kappa shape index (κ3) is 10.5. The van der Waals surface area contributed by atoms with Gasteiger partial charge in [0.15, 0.2) is 11.7 Å². The maximum Gasteiger partial charge on any atom is 0.416 e. The zero-order chi connectivity index (χ0) is 31.6. The van der Waals surface area contributed by atoms with E-state index < -0.39 is 41.5 Å². The van der Waals surface area contributed by atoms with Crippen LogP contribution in [0.2, 0.25) is 0 Å². The highest BCUT2D eigenvalue weighted by Gasteiger charge is 2.31. The summed E-state index contributed by atoms with van der Waals surface area (Å²) in [4.78, 5) is 42.2. The first-order valence-corrected chi connectivity index (χ1v) is 14.0. The minimum atomic E-state index is -4.53. The number of amides is 3. The predicted molar refractivity (Wildman–Crippen MR) is 156 cm³/mol. The van der Waals surface area contributed by atoms with Crippen molar-refractivity contribution in [1.29, 1.82) is 0 Å². The summed E-state index contributed by atoms with van der Waals surface area (Å²) in [5.74, 6) is -1.67. The van der Waals surface area contributed by atoms with Crippen LogP contribution in [0.15, 0.2) is 47.5 Å². The Morgan fingerprint density at radius 2 is 1.65 bits per heavy atom. The number of anilines is 1. The van der Waals surface area contributed by atoms with Crippen molar-refractivity contribution in [3.8, 4) is 11.5 Å². The van der Waals surface area contributed by atoms with Crippen molar-refractivity contribution in [3.63, 3.8) is 0 Å². The van der Waals surface area contributed by atoms with Crippen molar-refractivity contribution < 1.29 is 32.3 Å². The maximum absolute atomic E-state index is 13.6. The van der Waals surface area contributed by atoms with E-state index in [9.17, 15) is 27.6 Å². The number of ether oxygens (including phenoxy) is 1. The molecule has 2 aromatic carbocycles. The number of primary amides is 1. The number of aliphatic imine (C=N–C) groups is 1. The van der Waals surface area contributed by atoms with Crippen LogP contribution in [-0.2, 0) is 15.8 Å². The van der Waals surface area contributed by atoms with Gasteiger partial charge in [-0.15, -0.1) is 0 Å². The molecule has 11 nitrogen and oxygen atoms in total. The minimum Gasteiger partial charge on any atom is -0.455 e. The quantitative estimate of drug-likeness (QED) is 0.114. The Labute approximate surface area is 247 Å². The molecule has 3 rings (SSSR count). The van der Waals surface area contributed by atoms with Gasteiger partial charge in [-0.2, -0.15) is 13.2 Å². The van der Waals surface area contributed by atoms with Crippen LogP contribution in [0.4, 0.5) is 18.9 Å². The van der Waals surface area contributed by atoms with Gasteiger partial charge in [-0.05, 0) is 67.6 Å². The van der Waals surface area contributed by atoms with Crippen LogP contribution in [-0.4, -0.2) is 42.3 Å². The number of guanidine groups is 1. The lowest BCUT2D eigenvalue weighted by atomic mass is 9.84. The molecular formula is C29H38F3N7O4. The third-order valence-electron chi connectivity index (χ3n) is 7.16. The fourth-order valence-electron chi connectivity index (χ4n) is 4.84. The molecule has 1 fully saturated rings. The van der Waals surface area contributed by atoms with Gasteiger partial charge in [0.2, 0.25) is 17.7 Å². The lowest BCUT2D eigenvalue weighted by molar-refractivity contribution is -0.137. The zero-order valence-corrected chi connectivity index (χ0v) is 23.7. The van der Waals surface area contributed by atoms with E-state index in [0.717, 1.165) is 56.4 Å². The molecule has 0 radical (unpaired) electrons. The summed E-state index contributed by atoms with van der Waals surface area (Å²) in [6.07, 6.45) is 1.59. The number of nitrogens with one attached hydrogen (secondary N) is 2. The Kier molecular flexibility index (Phi) is 11.8. The average Bonchev–Trinajstić information content (AvgIpc) is 2.95. The Hall–Kier alpha value is -4.33. The first-order valence-electron chi connectivity index (χ1n) is 14.0. The van der Waals surface area contributed by atoms with Crippen LogP contribution in [0.1, 0.15) is 67.3 Å². The number of hydrogen-bond acceptors (Lipinski definition) is 6. The first kappa shape index (κ1) is 33.2. The monoisotopic (exact) mass is 605 g/mol. The highest BCUT2D eigenvalue weighted by molar-refractivity contribution is 6.00. The Morgan fingerprint density at radius 3 is 2.26 bits per heavy atom. The summed E-state index contributed by atoms with van der Waals surface area (Å²) in [5, 5.41) is 5.50. The third-order valence-corrected chi connectivity index (χ3v) is 7.16. The molecule has 1 aliphatic carbocycles. The summed E-state index contributed by atoms with van der Waals surface area (Å²) in [5.41, 5.74) is 21.4. The van der Waals surface area contributed by atoms with Crippen molar-refractivity contribution in [3.05, 3.63) is 53.6 Å². The highest BCUT2D eigenvalue weighted by atomic mass is 19.4. The number of halogens is 3. The SMILES string of the molecule is NC(=O)c1ccc(NC(=O)[C@H](CC2CCCCC2)NC(=O)[C@@H](N)CCCN=C(N)N)c(Oc2ccc(C(F)(F)F)cc2)c1. The van der Waals surface area contributed by atoms with Gasteiger partial charge in [-0.25, -0.2) is 0 Å². The molecule has 0 unspecified atom stereocenters. The van der Waals surface area contributed by atoms with Crippen molar-refractivity contribution in [1.82, 2.24) is 5.32 Å². The van der Waals surface area contributed by atoms with Gasteiger partial charge < -0.3 is 38.3 Å². The van der Waals surface area contributed by atoms with Gasteiger partial charge in [0.05, 0.1) is 17.3 Å². The first-order chi connectivity index (χ1) is 20.3. The molecule has 0 aromatic heterocycles. The summed E-state index contributed by atoms with van der Waals surface area (Å²) in [7, 11) is 0. The molecule has 0 saturated heterocycles. The molecule has 1 aliphatic rings.